The predicted octanol–water partition coefficient (Wildman–Crippen LogP) is 2.97. The predicted molar refractivity (Wildman–Crippen MR) is 128 cm³/mol. The van der Waals surface area contributed by atoms with Crippen LogP contribution >= 0.6 is 11.6 Å². The number of methoxy groups -OCH3 is 2. The lowest BCUT2D eigenvalue weighted by molar-refractivity contribution is 0.255. The Kier molecular flexibility index (Phi) is 8.67. The molecule has 0 aromatic heterocycles. The zero-order chi connectivity index (χ0) is 22.1. The van der Waals surface area contributed by atoms with Crippen molar-refractivity contribution in [2.45, 2.75) is 13.0 Å². The molecule has 0 bridgehead atoms. The second-order valence-electron chi connectivity index (χ2n) is 7.45. The Bertz CT molecular complexity index is 869. The maximum atomic E-state index is 6.32. The Morgan fingerprint density at radius 2 is 1.81 bits per heavy atom. The van der Waals surface area contributed by atoms with Gasteiger partial charge < -0.3 is 25.4 Å². The van der Waals surface area contributed by atoms with Gasteiger partial charge in [-0.2, -0.15) is 0 Å². The van der Waals surface area contributed by atoms with Crippen LogP contribution in [0.5, 0.6) is 11.5 Å². The van der Waals surface area contributed by atoms with Crippen LogP contribution in [0.3, 0.4) is 0 Å². The third-order valence-electron chi connectivity index (χ3n) is 5.40. The van der Waals surface area contributed by atoms with Crippen LogP contribution in [-0.4, -0.2) is 64.3 Å². The minimum Gasteiger partial charge on any atom is -0.493 e. The summed E-state index contributed by atoms with van der Waals surface area (Å²) < 4.78 is 10.6. The molecule has 1 aliphatic rings. The molecule has 1 heterocycles. The molecule has 3 rings (SSSR count). The molecule has 0 spiro atoms. The van der Waals surface area contributed by atoms with Gasteiger partial charge >= 0.3 is 0 Å². The van der Waals surface area contributed by atoms with E-state index in [4.69, 9.17) is 26.8 Å². The number of guanidine groups is 1. The normalized spacial score (nSPS) is 15.1. The Morgan fingerprint density at radius 3 is 2.52 bits per heavy atom. The first-order valence-corrected chi connectivity index (χ1v) is 10.9. The van der Waals surface area contributed by atoms with E-state index in [1.807, 2.05) is 36.4 Å². The first-order chi connectivity index (χ1) is 15.1. The van der Waals surface area contributed by atoms with Gasteiger partial charge in [0.25, 0.3) is 0 Å². The molecular weight excluding hydrogens is 414 g/mol. The number of aliphatic imine (C=N–C) groups is 1. The summed E-state index contributed by atoms with van der Waals surface area (Å²) in [6, 6.07) is 13.8. The first-order valence-electron chi connectivity index (χ1n) is 10.6. The molecule has 168 valence electrons. The zero-order valence-electron chi connectivity index (χ0n) is 18.3. The second kappa shape index (κ2) is 11.7. The smallest absolute Gasteiger partial charge is 0.188 e. The highest BCUT2D eigenvalue weighted by molar-refractivity contribution is 6.33. The topological polar surface area (TPSA) is 75.4 Å². The summed E-state index contributed by atoms with van der Waals surface area (Å²) in [6.07, 6.45) is 1.01. The van der Waals surface area contributed by atoms with Crippen LogP contribution < -0.4 is 25.4 Å². The fourth-order valence-corrected chi connectivity index (χ4v) is 3.91. The number of rotatable bonds is 9. The van der Waals surface area contributed by atoms with Crippen LogP contribution in [-0.2, 0) is 6.54 Å². The van der Waals surface area contributed by atoms with Gasteiger partial charge in [0.05, 0.1) is 31.5 Å². The van der Waals surface area contributed by atoms with Crippen molar-refractivity contribution >= 4 is 23.2 Å². The Labute approximate surface area is 189 Å². The number of hydrogen-bond acceptors (Lipinski definition) is 5. The quantitative estimate of drug-likeness (QED) is 0.351. The van der Waals surface area contributed by atoms with Crippen LogP contribution in [0.15, 0.2) is 47.5 Å². The van der Waals surface area contributed by atoms with Crippen LogP contribution in [0.2, 0.25) is 5.02 Å². The monoisotopic (exact) mass is 445 g/mol. The number of ether oxygens (including phenoxy) is 2. The first kappa shape index (κ1) is 23.0. The molecule has 0 saturated carbocycles. The van der Waals surface area contributed by atoms with Crippen molar-refractivity contribution in [3.8, 4) is 11.5 Å². The van der Waals surface area contributed by atoms with Gasteiger partial charge in [0.1, 0.15) is 0 Å². The van der Waals surface area contributed by atoms with E-state index in [0.717, 1.165) is 62.0 Å². The van der Waals surface area contributed by atoms with Crippen LogP contribution in [0.4, 0.5) is 5.69 Å². The summed E-state index contributed by atoms with van der Waals surface area (Å²) in [5.74, 6) is 1.85. The molecule has 1 saturated heterocycles. The van der Waals surface area contributed by atoms with Gasteiger partial charge in [-0.15, -0.1) is 0 Å². The van der Waals surface area contributed by atoms with Crippen molar-refractivity contribution in [3.63, 3.8) is 0 Å². The number of nitrogens with one attached hydrogen (secondary N) is 1. The van der Waals surface area contributed by atoms with Crippen LogP contribution in [0.25, 0.3) is 0 Å². The van der Waals surface area contributed by atoms with Crippen molar-refractivity contribution < 1.29 is 9.47 Å². The van der Waals surface area contributed by atoms with Gasteiger partial charge in [-0.25, -0.2) is 4.99 Å². The van der Waals surface area contributed by atoms with Crippen LogP contribution in [0.1, 0.15) is 12.0 Å². The van der Waals surface area contributed by atoms with E-state index in [1.165, 1.54) is 0 Å². The number of anilines is 1. The van der Waals surface area contributed by atoms with Crippen molar-refractivity contribution in [1.82, 2.24) is 10.2 Å². The molecule has 31 heavy (non-hydrogen) atoms. The molecule has 7 nitrogen and oxygen atoms in total. The number of hydrogen-bond donors (Lipinski definition) is 2. The van der Waals surface area contributed by atoms with E-state index in [1.54, 1.807) is 14.2 Å². The molecule has 1 aliphatic heterocycles. The molecule has 0 unspecified atom stereocenters. The van der Waals surface area contributed by atoms with E-state index in [2.05, 4.69) is 26.2 Å². The standard InChI is InChI=1S/C23H32ClN5O2/c1-30-21-9-8-18(16-22(21)31-2)17-27-23(25)26-10-5-11-28-12-14-29(15-13-28)20-7-4-3-6-19(20)24/h3-4,6-9,16H,5,10-15,17H2,1-2H3,(H3,25,26,27). The Hall–Kier alpha value is -2.64. The molecule has 1 fully saturated rings. The van der Waals surface area contributed by atoms with Crippen LogP contribution in [0, 0.1) is 0 Å². The third kappa shape index (κ3) is 6.67. The maximum absolute atomic E-state index is 6.32. The fourth-order valence-electron chi connectivity index (χ4n) is 3.65. The molecule has 2 aromatic carbocycles. The van der Waals surface area contributed by atoms with E-state index >= 15 is 0 Å². The van der Waals surface area contributed by atoms with Crippen molar-refractivity contribution in [1.29, 1.82) is 0 Å². The molecule has 0 radical (unpaired) electrons. The van der Waals surface area contributed by atoms with Gasteiger partial charge in [-0.05, 0) is 42.8 Å². The Balaban J connectivity index is 1.35. The molecule has 2 aromatic rings. The number of para-hydroxylation sites is 1. The molecule has 0 amide bonds. The minimum atomic E-state index is 0.457. The molecule has 8 heteroatoms. The molecular formula is C23H32ClN5O2. The number of benzene rings is 2. The lowest BCUT2D eigenvalue weighted by atomic mass is 10.2. The maximum Gasteiger partial charge on any atom is 0.188 e. The van der Waals surface area contributed by atoms with Crippen molar-refractivity contribution in [2.24, 2.45) is 10.7 Å². The highest BCUT2D eigenvalue weighted by Crippen LogP contribution is 2.28. The van der Waals surface area contributed by atoms with E-state index in [-0.39, 0.29) is 0 Å². The second-order valence-corrected chi connectivity index (χ2v) is 7.86. The summed E-state index contributed by atoms with van der Waals surface area (Å²) in [5.41, 5.74) is 8.16. The fraction of sp³-hybridized carbons (Fsp3) is 0.435. The van der Waals surface area contributed by atoms with E-state index < -0.39 is 0 Å². The number of piperazine rings is 1. The zero-order valence-corrected chi connectivity index (χ0v) is 19.1. The van der Waals surface area contributed by atoms with E-state index in [9.17, 15) is 0 Å². The largest absolute Gasteiger partial charge is 0.493 e. The van der Waals surface area contributed by atoms with Crippen molar-refractivity contribution in [2.75, 3.05) is 58.4 Å². The lowest BCUT2D eigenvalue weighted by Gasteiger charge is -2.36. The molecule has 0 atom stereocenters. The van der Waals surface area contributed by atoms with Crippen molar-refractivity contribution in [3.05, 3.63) is 53.1 Å². The van der Waals surface area contributed by atoms with E-state index in [0.29, 0.717) is 24.0 Å². The average Bonchev–Trinajstić information content (AvgIpc) is 2.81. The van der Waals surface area contributed by atoms with Gasteiger partial charge in [0, 0.05) is 32.7 Å². The lowest BCUT2D eigenvalue weighted by Crippen LogP contribution is -2.47. The summed E-state index contributed by atoms with van der Waals surface area (Å²) in [5, 5.41) is 4.03. The number of nitrogens with two attached hydrogens (primary N) is 1. The summed E-state index contributed by atoms with van der Waals surface area (Å²) in [4.78, 5) is 9.25. The minimum absolute atomic E-state index is 0.457. The number of nitrogens with zero attached hydrogens (tertiary/aromatic N) is 3. The average molecular weight is 446 g/mol. The van der Waals surface area contributed by atoms with Gasteiger partial charge in [-0.3, -0.25) is 4.90 Å². The summed E-state index contributed by atoms with van der Waals surface area (Å²) in [7, 11) is 3.24. The number of halogens is 1. The van der Waals surface area contributed by atoms with Gasteiger partial charge in [-0.1, -0.05) is 29.8 Å². The Morgan fingerprint density at radius 1 is 1.06 bits per heavy atom. The molecule has 3 N–H and O–H groups in total. The molecule has 0 aliphatic carbocycles. The highest BCUT2D eigenvalue weighted by atomic mass is 35.5. The third-order valence-corrected chi connectivity index (χ3v) is 5.72. The van der Waals surface area contributed by atoms with Gasteiger partial charge in [0.2, 0.25) is 0 Å². The van der Waals surface area contributed by atoms with Gasteiger partial charge in [0.15, 0.2) is 17.5 Å². The summed E-state index contributed by atoms with van der Waals surface area (Å²) in [6.45, 7) is 6.38. The SMILES string of the molecule is COc1ccc(CN=C(N)NCCCN2CCN(c3ccccc3Cl)CC2)cc1OC. The highest BCUT2D eigenvalue weighted by Gasteiger charge is 2.18. The summed E-state index contributed by atoms with van der Waals surface area (Å²) >= 11 is 6.32.